The molecule has 3 aromatic rings. The molecule has 0 spiro atoms. The number of benzene rings is 2. The monoisotopic (exact) mass is 437 g/mol. The average molecular weight is 438 g/mol. The third kappa shape index (κ3) is 6.16. The van der Waals surface area contributed by atoms with Crippen LogP contribution in [0.4, 0.5) is 0 Å². The van der Waals surface area contributed by atoms with Gasteiger partial charge in [0.15, 0.2) is 17.5 Å². The highest BCUT2D eigenvalue weighted by Gasteiger charge is 2.06. The molecule has 0 amide bonds. The lowest BCUT2D eigenvalue weighted by molar-refractivity contribution is 0.354. The molecule has 0 unspecified atom stereocenters. The van der Waals surface area contributed by atoms with E-state index in [2.05, 4.69) is 20.7 Å². The van der Waals surface area contributed by atoms with E-state index in [-0.39, 0.29) is 0 Å². The Bertz CT molecular complexity index is 1010. The van der Waals surface area contributed by atoms with E-state index >= 15 is 0 Å². The number of nitrogens with one attached hydrogen (secondary N) is 2. The van der Waals surface area contributed by atoms with Crippen LogP contribution in [0.5, 0.6) is 17.2 Å². The van der Waals surface area contributed by atoms with Gasteiger partial charge in [0.1, 0.15) is 5.75 Å². The molecule has 170 valence electrons. The fraction of sp³-hybridized carbons (Fsp3) is 0.333. The Morgan fingerprint density at radius 1 is 0.938 bits per heavy atom. The standard InChI is InChI=1S/C24H31N5O3/c1-5-25-24(26-14-12-18-6-11-22(31-3)23(16-18)32-4)27-17-19-13-15-29(28-19)20-7-9-21(30-2)10-8-20/h6-11,13,15-16H,5,12,14,17H2,1-4H3,(H2,25,26,27). The van der Waals surface area contributed by atoms with Crippen LogP contribution < -0.4 is 24.8 Å². The van der Waals surface area contributed by atoms with Gasteiger partial charge in [-0.15, -0.1) is 0 Å². The van der Waals surface area contributed by atoms with Crippen LogP contribution in [0, 0.1) is 0 Å². The highest BCUT2D eigenvalue weighted by atomic mass is 16.5. The van der Waals surface area contributed by atoms with Gasteiger partial charge in [0, 0.05) is 19.3 Å². The number of hydrogen-bond donors (Lipinski definition) is 2. The minimum Gasteiger partial charge on any atom is -0.497 e. The number of methoxy groups -OCH3 is 3. The maximum Gasteiger partial charge on any atom is 0.191 e. The largest absolute Gasteiger partial charge is 0.497 e. The van der Waals surface area contributed by atoms with E-state index in [1.165, 1.54) is 0 Å². The van der Waals surface area contributed by atoms with Crippen LogP contribution in [0.25, 0.3) is 5.69 Å². The van der Waals surface area contributed by atoms with Gasteiger partial charge in [0.25, 0.3) is 0 Å². The van der Waals surface area contributed by atoms with Crippen LogP contribution in [0.1, 0.15) is 18.2 Å². The lowest BCUT2D eigenvalue weighted by Crippen LogP contribution is -2.38. The van der Waals surface area contributed by atoms with Crippen molar-refractivity contribution in [3.63, 3.8) is 0 Å². The van der Waals surface area contributed by atoms with E-state index < -0.39 is 0 Å². The van der Waals surface area contributed by atoms with Gasteiger partial charge in [-0.3, -0.25) is 0 Å². The molecule has 0 aliphatic rings. The van der Waals surface area contributed by atoms with Gasteiger partial charge in [-0.2, -0.15) is 5.10 Å². The molecule has 0 bridgehead atoms. The molecule has 1 heterocycles. The molecule has 3 rings (SSSR count). The second-order valence-electron chi connectivity index (χ2n) is 7.01. The van der Waals surface area contributed by atoms with Crippen LogP contribution in [-0.4, -0.2) is 50.2 Å². The van der Waals surface area contributed by atoms with Gasteiger partial charge < -0.3 is 24.8 Å². The topological polar surface area (TPSA) is 81.9 Å². The number of nitrogens with zero attached hydrogens (tertiary/aromatic N) is 3. The molecule has 0 aliphatic carbocycles. The molecule has 0 radical (unpaired) electrons. The fourth-order valence-electron chi connectivity index (χ4n) is 3.19. The molecule has 0 fully saturated rings. The molecule has 1 aromatic heterocycles. The Morgan fingerprint density at radius 2 is 1.72 bits per heavy atom. The Balaban J connectivity index is 1.57. The molecular weight excluding hydrogens is 406 g/mol. The van der Waals surface area contributed by atoms with Crippen molar-refractivity contribution in [2.75, 3.05) is 34.4 Å². The van der Waals surface area contributed by atoms with Crippen molar-refractivity contribution in [3.8, 4) is 22.9 Å². The lowest BCUT2D eigenvalue weighted by Gasteiger charge is -2.12. The number of ether oxygens (including phenoxy) is 3. The van der Waals surface area contributed by atoms with E-state index in [1.54, 1.807) is 21.3 Å². The summed E-state index contributed by atoms with van der Waals surface area (Å²) in [5.74, 6) is 3.04. The highest BCUT2D eigenvalue weighted by molar-refractivity contribution is 5.79. The number of aromatic nitrogens is 2. The summed E-state index contributed by atoms with van der Waals surface area (Å²) in [6, 6.07) is 15.7. The quantitative estimate of drug-likeness (QED) is 0.375. The van der Waals surface area contributed by atoms with Crippen molar-refractivity contribution in [1.82, 2.24) is 20.4 Å². The van der Waals surface area contributed by atoms with Gasteiger partial charge in [0.05, 0.1) is 39.3 Å². The first-order chi connectivity index (χ1) is 15.7. The van der Waals surface area contributed by atoms with Gasteiger partial charge in [-0.1, -0.05) is 6.07 Å². The minimum atomic E-state index is 0.481. The van der Waals surface area contributed by atoms with Crippen LogP contribution in [-0.2, 0) is 13.0 Å². The number of guanidine groups is 1. The molecule has 8 nitrogen and oxygen atoms in total. The molecule has 32 heavy (non-hydrogen) atoms. The van der Waals surface area contributed by atoms with E-state index in [1.807, 2.05) is 66.3 Å². The van der Waals surface area contributed by atoms with Crippen LogP contribution in [0.15, 0.2) is 59.7 Å². The highest BCUT2D eigenvalue weighted by Crippen LogP contribution is 2.27. The summed E-state index contributed by atoms with van der Waals surface area (Å²) in [4.78, 5) is 4.66. The maximum absolute atomic E-state index is 5.38. The average Bonchev–Trinajstić information content (AvgIpc) is 3.31. The fourth-order valence-corrected chi connectivity index (χ4v) is 3.19. The summed E-state index contributed by atoms with van der Waals surface area (Å²) >= 11 is 0. The molecular formula is C24H31N5O3. The Labute approximate surface area is 189 Å². The molecule has 2 aromatic carbocycles. The predicted molar refractivity (Wildman–Crippen MR) is 126 cm³/mol. The van der Waals surface area contributed by atoms with Gasteiger partial charge in [-0.25, -0.2) is 9.67 Å². The van der Waals surface area contributed by atoms with Crippen LogP contribution >= 0.6 is 0 Å². The smallest absolute Gasteiger partial charge is 0.191 e. The Kier molecular flexibility index (Phi) is 8.36. The Morgan fingerprint density at radius 3 is 2.41 bits per heavy atom. The predicted octanol–water partition coefficient (Wildman–Crippen LogP) is 3.20. The molecule has 0 aliphatic heterocycles. The van der Waals surface area contributed by atoms with E-state index in [0.717, 1.165) is 59.7 Å². The van der Waals surface area contributed by atoms with Crippen molar-refractivity contribution in [1.29, 1.82) is 0 Å². The first-order valence-electron chi connectivity index (χ1n) is 10.6. The zero-order valence-corrected chi connectivity index (χ0v) is 19.1. The summed E-state index contributed by atoms with van der Waals surface area (Å²) in [5, 5.41) is 11.3. The Hall–Kier alpha value is -3.68. The first-order valence-corrected chi connectivity index (χ1v) is 10.6. The second kappa shape index (κ2) is 11.6. The third-order valence-corrected chi connectivity index (χ3v) is 4.88. The number of rotatable bonds is 10. The van der Waals surface area contributed by atoms with Crippen LogP contribution in [0.2, 0.25) is 0 Å². The lowest BCUT2D eigenvalue weighted by atomic mass is 10.1. The molecule has 0 atom stereocenters. The van der Waals surface area contributed by atoms with E-state index in [9.17, 15) is 0 Å². The van der Waals surface area contributed by atoms with Crippen molar-refractivity contribution >= 4 is 5.96 Å². The molecule has 0 saturated heterocycles. The normalized spacial score (nSPS) is 11.2. The van der Waals surface area contributed by atoms with Crippen LogP contribution in [0.3, 0.4) is 0 Å². The number of hydrogen-bond acceptors (Lipinski definition) is 5. The van der Waals surface area contributed by atoms with Crippen molar-refractivity contribution in [3.05, 3.63) is 66.0 Å². The van der Waals surface area contributed by atoms with Crippen molar-refractivity contribution < 1.29 is 14.2 Å². The van der Waals surface area contributed by atoms with E-state index in [4.69, 9.17) is 14.2 Å². The zero-order chi connectivity index (χ0) is 22.8. The minimum absolute atomic E-state index is 0.481. The van der Waals surface area contributed by atoms with Gasteiger partial charge in [0.2, 0.25) is 0 Å². The van der Waals surface area contributed by atoms with E-state index in [0.29, 0.717) is 6.54 Å². The number of aliphatic imine (C=N–C) groups is 1. The first kappa shape index (κ1) is 23.0. The summed E-state index contributed by atoms with van der Waals surface area (Å²) in [6.07, 6.45) is 2.76. The summed E-state index contributed by atoms with van der Waals surface area (Å²) in [6.45, 7) is 4.04. The SMILES string of the molecule is CCNC(=NCc1ccn(-c2ccc(OC)cc2)n1)NCCc1ccc(OC)c(OC)c1. The maximum atomic E-state index is 5.38. The van der Waals surface area contributed by atoms with Crippen molar-refractivity contribution in [2.24, 2.45) is 4.99 Å². The summed E-state index contributed by atoms with van der Waals surface area (Å²) in [5.41, 5.74) is 3.02. The third-order valence-electron chi connectivity index (χ3n) is 4.88. The van der Waals surface area contributed by atoms with Crippen molar-refractivity contribution in [2.45, 2.75) is 19.9 Å². The van der Waals surface area contributed by atoms with Gasteiger partial charge in [-0.05, 0) is 61.4 Å². The summed E-state index contributed by atoms with van der Waals surface area (Å²) in [7, 11) is 4.94. The zero-order valence-electron chi connectivity index (χ0n) is 19.1. The second-order valence-corrected chi connectivity index (χ2v) is 7.01. The molecule has 2 N–H and O–H groups in total. The molecule has 8 heteroatoms. The van der Waals surface area contributed by atoms with Gasteiger partial charge >= 0.3 is 0 Å². The summed E-state index contributed by atoms with van der Waals surface area (Å²) < 4.78 is 17.7. The molecule has 0 saturated carbocycles.